The van der Waals surface area contributed by atoms with Gasteiger partial charge in [-0.15, -0.1) is 0 Å². The van der Waals surface area contributed by atoms with Gasteiger partial charge in [-0.25, -0.2) is 13.8 Å². The normalized spacial score (nSPS) is 16.0. The summed E-state index contributed by atoms with van der Waals surface area (Å²) in [4.78, 5) is 3.92. The van der Waals surface area contributed by atoms with Crippen molar-refractivity contribution < 1.29 is 13.5 Å². The molecule has 6 heteroatoms. The molecule has 4 nitrogen and oxygen atoms in total. The van der Waals surface area contributed by atoms with Crippen LogP contribution in [0.25, 0.3) is 0 Å². The van der Waals surface area contributed by atoms with Gasteiger partial charge >= 0.3 is 0 Å². The molecule has 2 rings (SSSR count). The molecular formula is C15H23F2N3O. The molecule has 0 aromatic carbocycles. The van der Waals surface area contributed by atoms with Crippen LogP contribution >= 0.6 is 0 Å². The lowest BCUT2D eigenvalue weighted by atomic mass is 9.98. The Morgan fingerprint density at radius 2 is 1.81 bits per heavy atom. The van der Waals surface area contributed by atoms with E-state index < -0.39 is 11.6 Å². The van der Waals surface area contributed by atoms with Crippen molar-refractivity contribution in [2.45, 2.75) is 45.1 Å². The summed E-state index contributed by atoms with van der Waals surface area (Å²) in [6, 6.07) is 0.843. The van der Waals surface area contributed by atoms with Gasteiger partial charge in [0.1, 0.15) is 0 Å². The van der Waals surface area contributed by atoms with Crippen molar-refractivity contribution in [3.8, 4) is 0 Å². The van der Waals surface area contributed by atoms with Crippen LogP contribution in [-0.2, 0) is 4.74 Å². The third-order valence-electron chi connectivity index (χ3n) is 3.57. The van der Waals surface area contributed by atoms with Crippen LogP contribution in [0.4, 0.5) is 20.4 Å². The van der Waals surface area contributed by atoms with Gasteiger partial charge in [0.25, 0.3) is 0 Å². The molecule has 1 fully saturated rings. The van der Waals surface area contributed by atoms with E-state index in [9.17, 15) is 8.78 Å². The first-order valence-electron chi connectivity index (χ1n) is 7.66. The van der Waals surface area contributed by atoms with Gasteiger partial charge in [-0.3, -0.25) is 0 Å². The summed E-state index contributed by atoms with van der Waals surface area (Å²) in [6.07, 6.45) is 6.26. The van der Waals surface area contributed by atoms with Gasteiger partial charge in [0.05, 0.1) is 12.7 Å². The number of hydrogen-bond acceptors (Lipinski definition) is 4. The largest absolute Gasteiger partial charge is 0.376 e. The van der Waals surface area contributed by atoms with Crippen molar-refractivity contribution in [3.63, 3.8) is 0 Å². The number of aromatic nitrogens is 1. The monoisotopic (exact) mass is 299 g/mol. The Hall–Kier alpha value is -1.43. The van der Waals surface area contributed by atoms with E-state index in [0.717, 1.165) is 18.9 Å². The Balaban J connectivity index is 1.80. The molecule has 1 aromatic heterocycles. The third kappa shape index (κ3) is 4.81. The minimum Gasteiger partial charge on any atom is -0.376 e. The number of nitrogens with zero attached hydrogens (tertiary/aromatic N) is 1. The Bertz CT molecular complexity index is 451. The van der Waals surface area contributed by atoms with Gasteiger partial charge in [0.15, 0.2) is 23.3 Å². The van der Waals surface area contributed by atoms with E-state index in [1.807, 2.05) is 6.92 Å². The smallest absolute Gasteiger partial charge is 0.168 e. The molecule has 1 heterocycles. The fourth-order valence-corrected chi connectivity index (χ4v) is 2.51. The summed E-state index contributed by atoms with van der Waals surface area (Å²) in [6.45, 7) is 3.31. The number of ether oxygens (including phenoxy) is 1. The molecule has 0 atom stereocenters. The predicted molar refractivity (Wildman–Crippen MR) is 79.6 cm³/mol. The van der Waals surface area contributed by atoms with E-state index in [4.69, 9.17) is 4.74 Å². The number of halogens is 2. The molecule has 1 aromatic rings. The van der Waals surface area contributed by atoms with E-state index >= 15 is 0 Å². The molecule has 0 radical (unpaired) electrons. The molecule has 1 aliphatic rings. The van der Waals surface area contributed by atoms with E-state index in [-0.39, 0.29) is 11.6 Å². The average molecular weight is 299 g/mol. The first-order valence-corrected chi connectivity index (χ1v) is 7.66. The molecule has 0 amide bonds. The molecule has 0 aliphatic heterocycles. The highest BCUT2D eigenvalue weighted by Crippen LogP contribution is 2.21. The SMILES string of the molecule is CCNc1nc(NCCOC2CCCCC2)c(F)cc1F. The van der Waals surface area contributed by atoms with Gasteiger partial charge in [-0.05, 0) is 19.8 Å². The van der Waals surface area contributed by atoms with Crippen LogP contribution in [-0.4, -0.2) is 30.8 Å². The van der Waals surface area contributed by atoms with E-state index in [2.05, 4.69) is 15.6 Å². The maximum Gasteiger partial charge on any atom is 0.168 e. The van der Waals surface area contributed by atoms with Gasteiger partial charge in [-0.2, -0.15) is 0 Å². The fourth-order valence-electron chi connectivity index (χ4n) is 2.51. The summed E-state index contributed by atoms with van der Waals surface area (Å²) in [5.74, 6) is -1.25. The zero-order valence-electron chi connectivity index (χ0n) is 12.4. The topological polar surface area (TPSA) is 46.2 Å². The zero-order valence-corrected chi connectivity index (χ0v) is 12.4. The van der Waals surface area contributed by atoms with Crippen LogP contribution < -0.4 is 10.6 Å². The highest BCUT2D eigenvalue weighted by atomic mass is 19.1. The van der Waals surface area contributed by atoms with Crippen molar-refractivity contribution in [1.29, 1.82) is 0 Å². The van der Waals surface area contributed by atoms with Crippen molar-refractivity contribution in [2.24, 2.45) is 0 Å². The lowest BCUT2D eigenvalue weighted by Crippen LogP contribution is -2.21. The molecule has 0 unspecified atom stereocenters. The lowest BCUT2D eigenvalue weighted by Gasteiger charge is -2.22. The van der Waals surface area contributed by atoms with Crippen LogP contribution in [0.3, 0.4) is 0 Å². The van der Waals surface area contributed by atoms with E-state index in [1.165, 1.54) is 19.3 Å². The lowest BCUT2D eigenvalue weighted by molar-refractivity contribution is 0.0347. The Morgan fingerprint density at radius 1 is 1.14 bits per heavy atom. The summed E-state index contributed by atoms with van der Waals surface area (Å²) in [5.41, 5.74) is 0. The average Bonchev–Trinajstić information content (AvgIpc) is 2.49. The Kier molecular flexibility index (Phi) is 6.17. The third-order valence-corrected chi connectivity index (χ3v) is 3.57. The molecule has 0 bridgehead atoms. The molecule has 2 N–H and O–H groups in total. The fraction of sp³-hybridized carbons (Fsp3) is 0.667. The predicted octanol–water partition coefficient (Wildman–Crippen LogP) is 3.55. The van der Waals surface area contributed by atoms with Crippen molar-refractivity contribution in [2.75, 3.05) is 30.3 Å². The first kappa shape index (κ1) is 15.9. The van der Waals surface area contributed by atoms with E-state index in [1.54, 1.807) is 0 Å². The second-order valence-electron chi connectivity index (χ2n) is 5.24. The van der Waals surface area contributed by atoms with Gasteiger partial charge < -0.3 is 15.4 Å². The van der Waals surface area contributed by atoms with Gasteiger partial charge in [-0.1, -0.05) is 19.3 Å². The maximum atomic E-state index is 13.6. The standard InChI is InChI=1S/C15H23F2N3O/c1-2-18-14-12(16)10-13(17)15(20-14)19-8-9-21-11-6-4-3-5-7-11/h10-11H,2-9H2,1H3,(H2,18,19,20). The van der Waals surface area contributed by atoms with Crippen LogP contribution in [0.5, 0.6) is 0 Å². The summed E-state index contributed by atoms with van der Waals surface area (Å²) < 4.78 is 32.8. The number of anilines is 2. The van der Waals surface area contributed by atoms with Crippen LogP contribution in [0.2, 0.25) is 0 Å². The molecule has 118 valence electrons. The van der Waals surface area contributed by atoms with Gasteiger partial charge in [0, 0.05) is 19.2 Å². The van der Waals surface area contributed by atoms with Crippen molar-refractivity contribution in [1.82, 2.24) is 4.98 Å². The second kappa shape index (κ2) is 8.12. The molecular weight excluding hydrogens is 276 g/mol. The minimum absolute atomic E-state index is 0.0552. The summed E-state index contributed by atoms with van der Waals surface area (Å²) >= 11 is 0. The highest BCUT2D eigenvalue weighted by Gasteiger charge is 2.14. The Morgan fingerprint density at radius 3 is 2.48 bits per heavy atom. The number of pyridine rings is 1. The van der Waals surface area contributed by atoms with E-state index in [0.29, 0.717) is 25.8 Å². The second-order valence-corrected chi connectivity index (χ2v) is 5.24. The highest BCUT2D eigenvalue weighted by molar-refractivity contribution is 5.47. The van der Waals surface area contributed by atoms with Crippen LogP contribution in [0.1, 0.15) is 39.0 Å². The van der Waals surface area contributed by atoms with Crippen molar-refractivity contribution in [3.05, 3.63) is 17.7 Å². The quantitative estimate of drug-likeness (QED) is 0.756. The molecule has 0 spiro atoms. The zero-order chi connectivity index (χ0) is 15.1. The minimum atomic E-state index is -0.688. The summed E-state index contributed by atoms with van der Waals surface area (Å²) in [7, 11) is 0. The molecule has 1 aliphatic carbocycles. The number of hydrogen-bond donors (Lipinski definition) is 2. The molecule has 21 heavy (non-hydrogen) atoms. The van der Waals surface area contributed by atoms with Crippen LogP contribution in [0.15, 0.2) is 6.07 Å². The molecule has 0 saturated heterocycles. The molecule has 1 saturated carbocycles. The maximum absolute atomic E-state index is 13.6. The summed E-state index contributed by atoms with van der Waals surface area (Å²) in [5, 5.41) is 5.62. The number of nitrogens with one attached hydrogen (secondary N) is 2. The Labute approximate surface area is 124 Å². The first-order chi connectivity index (χ1) is 10.2. The van der Waals surface area contributed by atoms with Gasteiger partial charge in [0.2, 0.25) is 0 Å². The van der Waals surface area contributed by atoms with Crippen molar-refractivity contribution >= 4 is 11.6 Å². The van der Waals surface area contributed by atoms with Crippen LogP contribution in [0, 0.1) is 11.6 Å². The number of rotatable bonds is 7.